The molecular formula is C21H18FN3O3S2. The number of benzene rings is 2. The molecule has 1 aromatic heterocycles. The SMILES string of the molecule is CS(=O)(=O)Nc1cccc(C2=NN(C(=O)c3cccs3)[C@@H](c3cccc(F)c3)C2)c1. The first-order valence-corrected chi connectivity index (χ1v) is 11.9. The van der Waals surface area contributed by atoms with Gasteiger partial charge >= 0.3 is 0 Å². The standard InChI is InChI=1S/C21H18FN3O3S2/c1-30(27,28)24-17-8-3-5-14(12-17)18-13-19(15-6-2-7-16(22)11-15)25(23-18)21(26)20-9-4-10-29-20/h2-12,19,24H,13H2,1H3/t19-/m1/s1. The van der Waals surface area contributed by atoms with E-state index in [1.54, 1.807) is 48.5 Å². The Morgan fingerprint density at radius 3 is 2.67 bits per heavy atom. The minimum absolute atomic E-state index is 0.264. The van der Waals surface area contributed by atoms with Gasteiger partial charge in [0.1, 0.15) is 5.82 Å². The fourth-order valence-corrected chi connectivity index (χ4v) is 4.55. The molecule has 30 heavy (non-hydrogen) atoms. The lowest BCUT2D eigenvalue weighted by Gasteiger charge is -2.21. The molecule has 2 aromatic carbocycles. The topological polar surface area (TPSA) is 78.8 Å². The van der Waals surface area contributed by atoms with Gasteiger partial charge in [0, 0.05) is 12.1 Å². The van der Waals surface area contributed by atoms with E-state index in [0.717, 1.165) is 6.26 Å². The van der Waals surface area contributed by atoms with E-state index in [9.17, 15) is 17.6 Å². The fraction of sp³-hybridized carbons (Fsp3) is 0.143. The summed E-state index contributed by atoms with van der Waals surface area (Å²) in [5.41, 5.74) is 2.35. The van der Waals surface area contributed by atoms with Gasteiger partial charge in [-0.1, -0.05) is 30.3 Å². The third-order valence-electron chi connectivity index (χ3n) is 4.58. The van der Waals surface area contributed by atoms with Crippen LogP contribution in [0.1, 0.15) is 33.3 Å². The van der Waals surface area contributed by atoms with Gasteiger partial charge in [-0.05, 0) is 46.8 Å². The van der Waals surface area contributed by atoms with Gasteiger partial charge in [0.25, 0.3) is 5.91 Å². The van der Waals surface area contributed by atoms with Crippen LogP contribution in [0.2, 0.25) is 0 Å². The third-order valence-corrected chi connectivity index (χ3v) is 6.05. The average molecular weight is 444 g/mol. The maximum atomic E-state index is 13.8. The number of carbonyl (C=O) groups excluding carboxylic acids is 1. The normalized spacial score (nSPS) is 16.4. The molecule has 1 N–H and O–H groups in total. The van der Waals surface area contributed by atoms with E-state index >= 15 is 0 Å². The predicted molar refractivity (Wildman–Crippen MR) is 116 cm³/mol. The molecule has 0 radical (unpaired) electrons. The van der Waals surface area contributed by atoms with Crippen LogP contribution < -0.4 is 4.72 Å². The van der Waals surface area contributed by atoms with Crippen molar-refractivity contribution in [3.63, 3.8) is 0 Å². The van der Waals surface area contributed by atoms with E-state index in [4.69, 9.17) is 0 Å². The lowest BCUT2D eigenvalue weighted by atomic mass is 9.98. The molecule has 1 atom stereocenters. The number of halogens is 1. The Bertz CT molecular complexity index is 1220. The summed E-state index contributed by atoms with van der Waals surface area (Å²) in [4.78, 5) is 13.6. The zero-order valence-electron chi connectivity index (χ0n) is 15.9. The van der Waals surface area contributed by atoms with E-state index in [1.165, 1.54) is 28.5 Å². The number of anilines is 1. The number of thiophene rings is 1. The molecule has 0 saturated heterocycles. The first-order chi connectivity index (χ1) is 14.3. The zero-order valence-corrected chi connectivity index (χ0v) is 17.6. The lowest BCUT2D eigenvalue weighted by Crippen LogP contribution is -2.26. The van der Waals surface area contributed by atoms with Gasteiger partial charge in [0.2, 0.25) is 10.0 Å². The summed E-state index contributed by atoms with van der Waals surface area (Å²) in [5.74, 6) is -0.650. The second-order valence-electron chi connectivity index (χ2n) is 6.90. The number of amides is 1. The van der Waals surface area contributed by atoms with Gasteiger partial charge < -0.3 is 0 Å². The molecule has 9 heteroatoms. The van der Waals surface area contributed by atoms with E-state index in [1.807, 2.05) is 5.38 Å². The van der Waals surface area contributed by atoms with Gasteiger partial charge in [-0.3, -0.25) is 9.52 Å². The number of hydrazone groups is 1. The van der Waals surface area contributed by atoms with Gasteiger partial charge in [0.05, 0.1) is 22.9 Å². The minimum atomic E-state index is -3.42. The second-order valence-corrected chi connectivity index (χ2v) is 9.60. The minimum Gasteiger partial charge on any atom is -0.284 e. The molecular weight excluding hydrogens is 425 g/mol. The molecule has 0 saturated carbocycles. The van der Waals surface area contributed by atoms with E-state index in [0.29, 0.717) is 33.8 Å². The lowest BCUT2D eigenvalue weighted by molar-refractivity contribution is 0.0716. The summed E-state index contributed by atoms with van der Waals surface area (Å²) in [6, 6.07) is 16.0. The van der Waals surface area contributed by atoms with Crippen LogP contribution in [0.3, 0.4) is 0 Å². The Labute approximate surface area is 177 Å². The van der Waals surface area contributed by atoms with Crippen molar-refractivity contribution in [3.8, 4) is 0 Å². The highest BCUT2D eigenvalue weighted by atomic mass is 32.2. The highest BCUT2D eigenvalue weighted by Crippen LogP contribution is 2.35. The number of rotatable bonds is 5. The Kier molecular flexibility index (Phi) is 5.40. The maximum absolute atomic E-state index is 13.8. The fourth-order valence-electron chi connectivity index (χ4n) is 3.34. The van der Waals surface area contributed by atoms with Crippen molar-refractivity contribution in [1.82, 2.24) is 5.01 Å². The third kappa shape index (κ3) is 4.42. The summed E-state index contributed by atoms with van der Waals surface area (Å²) >= 11 is 1.31. The number of nitrogens with one attached hydrogen (secondary N) is 1. The van der Waals surface area contributed by atoms with Crippen molar-refractivity contribution in [3.05, 3.63) is 87.9 Å². The van der Waals surface area contributed by atoms with Crippen LogP contribution in [0, 0.1) is 5.82 Å². The average Bonchev–Trinajstić information content (AvgIpc) is 3.37. The van der Waals surface area contributed by atoms with Gasteiger partial charge in [0.15, 0.2) is 0 Å². The molecule has 0 aliphatic carbocycles. The van der Waals surface area contributed by atoms with Crippen LogP contribution in [0.5, 0.6) is 0 Å². The number of hydrogen-bond donors (Lipinski definition) is 1. The molecule has 154 valence electrons. The Hall–Kier alpha value is -3.04. The number of sulfonamides is 1. The van der Waals surface area contributed by atoms with Crippen molar-refractivity contribution < 1.29 is 17.6 Å². The molecule has 0 bridgehead atoms. The molecule has 4 rings (SSSR count). The summed E-state index contributed by atoms with van der Waals surface area (Å²) < 4.78 is 39.4. The van der Waals surface area contributed by atoms with Crippen molar-refractivity contribution >= 4 is 38.7 Å². The van der Waals surface area contributed by atoms with E-state index in [-0.39, 0.29) is 11.7 Å². The monoisotopic (exact) mass is 443 g/mol. The van der Waals surface area contributed by atoms with Crippen LogP contribution in [-0.4, -0.2) is 31.3 Å². The number of carbonyl (C=O) groups is 1. The molecule has 3 aromatic rings. The maximum Gasteiger partial charge on any atom is 0.284 e. The van der Waals surface area contributed by atoms with Crippen molar-refractivity contribution in [2.75, 3.05) is 11.0 Å². The van der Waals surface area contributed by atoms with Crippen molar-refractivity contribution in [2.45, 2.75) is 12.5 Å². The van der Waals surface area contributed by atoms with Crippen LogP contribution in [0.25, 0.3) is 0 Å². The molecule has 0 unspecified atom stereocenters. The summed E-state index contributed by atoms with van der Waals surface area (Å²) in [6.45, 7) is 0. The first kappa shape index (κ1) is 20.2. The molecule has 1 amide bonds. The number of hydrogen-bond acceptors (Lipinski definition) is 5. The van der Waals surface area contributed by atoms with Gasteiger partial charge in [-0.15, -0.1) is 11.3 Å². The molecule has 1 aliphatic rings. The largest absolute Gasteiger partial charge is 0.284 e. The van der Waals surface area contributed by atoms with Crippen molar-refractivity contribution in [1.29, 1.82) is 0 Å². The molecule has 0 fully saturated rings. The second kappa shape index (κ2) is 8.00. The quantitative estimate of drug-likeness (QED) is 0.640. The first-order valence-electron chi connectivity index (χ1n) is 9.08. The van der Waals surface area contributed by atoms with Crippen LogP contribution in [0.15, 0.2) is 71.1 Å². The smallest absolute Gasteiger partial charge is 0.284 e. The summed E-state index contributed by atoms with van der Waals surface area (Å²) in [5, 5.41) is 7.74. The summed E-state index contributed by atoms with van der Waals surface area (Å²) in [7, 11) is -3.42. The highest BCUT2D eigenvalue weighted by Gasteiger charge is 2.34. The molecule has 1 aliphatic heterocycles. The van der Waals surface area contributed by atoms with Gasteiger partial charge in [-0.2, -0.15) is 5.10 Å². The Balaban J connectivity index is 1.72. The van der Waals surface area contributed by atoms with Crippen LogP contribution in [0.4, 0.5) is 10.1 Å². The Morgan fingerprint density at radius 1 is 1.17 bits per heavy atom. The van der Waals surface area contributed by atoms with E-state index < -0.39 is 16.1 Å². The van der Waals surface area contributed by atoms with Crippen molar-refractivity contribution in [2.24, 2.45) is 5.10 Å². The highest BCUT2D eigenvalue weighted by molar-refractivity contribution is 7.92. The Morgan fingerprint density at radius 2 is 1.97 bits per heavy atom. The predicted octanol–water partition coefficient (Wildman–Crippen LogP) is 4.25. The summed E-state index contributed by atoms with van der Waals surface area (Å²) in [6.07, 6.45) is 1.46. The molecule has 2 heterocycles. The molecule has 6 nitrogen and oxygen atoms in total. The van der Waals surface area contributed by atoms with E-state index in [2.05, 4.69) is 9.82 Å². The van der Waals surface area contributed by atoms with Crippen LogP contribution in [-0.2, 0) is 10.0 Å². The van der Waals surface area contributed by atoms with Crippen LogP contribution >= 0.6 is 11.3 Å². The van der Waals surface area contributed by atoms with Gasteiger partial charge in [-0.25, -0.2) is 17.8 Å². The molecule has 0 spiro atoms. The zero-order chi connectivity index (χ0) is 21.3. The number of nitrogens with zero attached hydrogens (tertiary/aromatic N) is 2.